The first-order chi connectivity index (χ1) is 11.1. The number of hydrogen-bond acceptors (Lipinski definition) is 5. The van der Waals surface area contributed by atoms with Gasteiger partial charge in [-0.1, -0.05) is 0 Å². The monoisotopic (exact) mass is 328 g/mol. The van der Waals surface area contributed by atoms with Crippen molar-refractivity contribution in [2.75, 3.05) is 11.9 Å². The highest BCUT2D eigenvalue weighted by Gasteiger charge is 2.27. The van der Waals surface area contributed by atoms with E-state index in [4.69, 9.17) is 5.11 Å². The summed E-state index contributed by atoms with van der Waals surface area (Å²) in [7, 11) is 0. The molecule has 7 nitrogen and oxygen atoms in total. The zero-order valence-corrected chi connectivity index (χ0v) is 12.8. The van der Waals surface area contributed by atoms with Gasteiger partial charge in [0.05, 0.1) is 17.7 Å². The maximum atomic E-state index is 12.2. The Morgan fingerprint density at radius 3 is 2.96 bits per heavy atom. The largest absolute Gasteiger partial charge is 0.465 e. The second-order valence-corrected chi connectivity index (χ2v) is 6.07. The number of nitrogens with zero attached hydrogens (tertiary/aromatic N) is 3. The number of anilines is 1. The average Bonchev–Trinajstić information content (AvgIpc) is 2.91. The number of amides is 2. The lowest BCUT2D eigenvalue weighted by Crippen LogP contribution is -2.34. The van der Waals surface area contributed by atoms with E-state index in [0.717, 1.165) is 10.4 Å². The lowest BCUT2D eigenvalue weighted by molar-refractivity contribution is 0.102. The predicted octanol–water partition coefficient (Wildman–Crippen LogP) is 2.30. The molecule has 3 rings (SSSR count). The molecule has 0 fully saturated rings. The highest BCUT2D eigenvalue weighted by Crippen LogP contribution is 2.36. The number of nitrogens with one attached hydrogen (secondary N) is 1. The second-order valence-electron chi connectivity index (χ2n) is 4.97. The summed E-state index contributed by atoms with van der Waals surface area (Å²) in [4.78, 5) is 29.3. The summed E-state index contributed by atoms with van der Waals surface area (Å²) in [6.07, 6.45) is 2.51. The topological polar surface area (TPSA) is 106 Å². The van der Waals surface area contributed by atoms with Crippen molar-refractivity contribution in [3.8, 4) is 6.07 Å². The Hall–Kier alpha value is -2.92. The van der Waals surface area contributed by atoms with Gasteiger partial charge in [-0.05, 0) is 24.1 Å². The van der Waals surface area contributed by atoms with Gasteiger partial charge in [-0.15, -0.1) is 11.3 Å². The predicted molar refractivity (Wildman–Crippen MR) is 83.4 cm³/mol. The average molecular weight is 328 g/mol. The van der Waals surface area contributed by atoms with Gasteiger partial charge >= 0.3 is 6.09 Å². The second kappa shape index (κ2) is 6.06. The molecular formula is C15H12N4O3S. The van der Waals surface area contributed by atoms with E-state index in [9.17, 15) is 14.9 Å². The number of carboxylic acid groups (broad SMARTS) is 1. The minimum atomic E-state index is -0.983. The number of nitriles is 1. The van der Waals surface area contributed by atoms with E-state index in [1.54, 1.807) is 18.3 Å². The van der Waals surface area contributed by atoms with Gasteiger partial charge in [0, 0.05) is 23.8 Å². The van der Waals surface area contributed by atoms with Crippen LogP contribution in [-0.2, 0) is 13.0 Å². The molecule has 116 valence electrons. The van der Waals surface area contributed by atoms with Gasteiger partial charge < -0.3 is 15.3 Å². The molecular weight excluding hydrogens is 316 g/mol. The number of rotatable bonds is 2. The van der Waals surface area contributed by atoms with E-state index < -0.39 is 6.09 Å². The molecule has 0 spiro atoms. The van der Waals surface area contributed by atoms with E-state index in [1.165, 1.54) is 22.4 Å². The maximum Gasteiger partial charge on any atom is 0.407 e. The van der Waals surface area contributed by atoms with Gasteiger partial charge in [-0.25, -0.2) is 4.79 Å². The van der Waals surface area contributed by atoms with Crippen LogP contribution in [0.4, 0.5) is 9.80 Å². The van der Waals surface area contributed by atoms with Gasteiger partial charge in [0.2, 0.25) is 0 Å². The first-order valence-corrected chi connectivity index (χ1v) is 7.65. The molecule has 0 aliphatic carbocycles. The van der Waals surface area contributed by atoms with Crippen molar-refractivity contribution >= 4 is 28.3 Å². The number of carbonyl (C=O) groups excluding carboxylic acids is 1. The van der Waals surface area contributed by atoms with Crippen molar-refractivity contribution in [2.24, 2.45) is 0 Å². The lowest BCUT2D eigenvalue weighted by atomic mass is 10.0. The Balaban J connectivity index is 1.88. The molecule has 0 saturated carbocycles. The van der Waals surface area contributed by atoms with Crippen molar-refractivity contribution in [3.05, 3.63) is 46.1 Å². The van der Waals surface area contributed by atoms with Crippen LogP contribution >= 0.6 is 11.3 Å². The molecule has 0 radical (unpaired) electrons. The number of aromatic nitrogens is 1. The molecule has 0 bridgehead atoms. The van der Waals surface area contributed by atoms with Gasteiger partial charge in [0.1, 0.15) is 11.1 Å². The summed E-state index contributed by atoms with van der Waals surface area (Å²) in [5.74, 6) is -0.344. The smallest absolute Gasteiger partial charge is 0.407 e. The molecule has 2 N–H and O–H groups in total. The Bertz CT molecular complexity index is 810. The van der Waals surface area contributed by atoms with Crippen LogP contribution in [0.2, 0.25) is 0 Å². The highest BCUT2D eigenvalue weighted by atomic mass is 32.1. The number of fused-ring (bicyclic) bond motifs is 1. The van der Waals surface area contributed by atoms with Crippen LogP contribution in [0.15, 0.2) is 24.5 Å². The number of pyridine rings is 1. The van der Waals surface area contributed by atoms with Gasteiger partial charge in [0.25, 0.3) is 5.91 Å². The third kappa shape index (κ3) is 2.86. The van der Waals surface area contributed by atoms with Gasteiger partial charge in [-0.2, -0.15) is 5.26 Å². The number of carbonyl (C=O) groups is 2. The van der Waals surface area contributed by atoms with Gasteiger partial charge in [-0.3, -0.25) is 9.78 Å². The quantitative estimate of drug-likeness (QED) is 0.880. The molecule has 1 aliphatic rings. The Morgan fingerprint density at radius 1 is 1.48 bits per heavy atom. The summed E-state index contributed by atoms with van der Waals surface area (Å²) in [6.45, 7) is 0.594. The summed E-state index contributed by atoms with van der Waals surface area (Å²) in [5, 5.41) is 21.7. The first kappa shape index (κ1) is 15.0. The molecule has 3 heterocycles. The van der Waals surface area contributed by atoms with Crippen LogP contribution in [0.25, 0.3) is 0 Å². The van der Waals surface area contributed by atoms with Crippen molar-refractivity contribution in [3.63, 3.8) is 0 Å². The summed E-state index contributed by atoms with van der Waals surface area (Å²) < 4.78 is 0. The minimum Gasteiger partial charge on any atom is -0.465 e. The summed E-state index contributed by atoms with van der Waals surface area (Å²) in [5.41, 5.74) is 1.65. The molecule has 1 aliphatic heterocycles. The van der Waals surface area contributed by atoms with E-state index >= 15 is 0 Å². The number of hydrogen-bond donors (Lipinski definition) is 2. The van der Waals surface area contributed by atoms with E-state index in [1.807, 2.05) is 0 Å². The molecule has 2 amide bonds. The van der Waals surface area contributed by atoms with E-state index in [-0.39, 0.29) is 12.5 Å². The Morgan fingerprint density at radius 2 is 2.30 bits per heavy atom. The fraction of sp³-hybridized carbons (Fsp3) is 0.200. The molecule has 23 heavy (non-hydrogen) atoms. The molecule has 0 aromatic carbocycles. The minimum absolute atomic E-state index is 0.243. The first-order valence-electron chi connectivity index (χ1n) is 6.84. The normalized spacial score (nSPS) is 13.1. The van der Waals surface area contributed by atoms with Crippen LogP contribution in [0.1, 0.15) is 26.4 Å². The van der Waals surface area contributed by atoms with Crippen LogP contribution < -0.4 is 5.32 Å². The van der Waals surface area contributed by atoms with E-state index in [0.29, 0.717) is 29.1 Å². The molecule has 2 aromatic rings. The lowest BCUT2D eigenvalue weighted by Gasteiger charge is -2.23. The van der Waals surface area contributed by atoms with E-state index in [2.05, 4.69) is 16.4 Å². The summed E-state index contributed by atoms with van der Waals surface area (Å²) in [6, 6.07) is 5.41. The fourth-order valence-electron chi connectivity index (χ4n) is 2.45. The van der Waals surface area contributed by atoms with Crippen molar-refractivity contribution in [1.82, 2.24) is 9.88 Å². The molecule has 0 saturated heterocycles. The highest BCUT2D eigenvalue weighted by molar-refractivity contribution is 7.16. The van der Waals surface area contributed by atoms with Gasteiger partial charge in [0.15, 0.2) is 0 Å². The molecule has 0 atom stereocenters. The SMILES string of the molecule is N#Cc1c(NC(=O)c2cccnc2)sc2c1CCN(C(=O)O)C2. The number of thiophene rings is 1. The van der Waals surface area contributed by atoms with Crippen LogP contribution in [0, 0.1) is 11.3 Å². The van der Waals surface area contributed by atoms with Crippen molar-refractivity contribution < 1.29 is 14.7 Å². The zero-order valence-electron chi connectivity index (χ0n) is 11.9. The third-order valence-corrected chi connectivity index (χ3v) is 4.72. The molecule has 0 unspecified atom stereocenters. The van der Waals surface area contributed by atoms with Crippen LogP contribution in [0.5, 0.6) is 0 Å². The Kier molecular flexibility index (Phi) is 3.95. The molecule has 2 aromatic heterocycles. The zero-order chi connectivity index (χ0) is 16.4. The Labute approximate surface area is 135 Å². The maximum absolute atomic E-state index is 12.2. The third-order valence-electron chi connectivity index (χ3n) is 3.59. The van der Waals surface area contributed by atoms with Crippen molar-refractivity contribution in [2.45, 2.75) is 13.0 Å². The van der Waals surface area contributed by atoms with Crippen LogP contribution in [0.3, 0.4) is 0 Å². The van der Waals surface area contributed by atoms with Crippen LogP contribution in [-0.4, -0.2) is 33.5 Å². The molecule has 8 heteroatoms. The fourth-order valence-corrected chi connectivity index (χ4v) is 3.65. The van der Waals surface area contributed by atoms with Crippen molar-refractivity contribution in [1.29, 1.82) is 5.26 Å². The summed E-state index contributed by atoms with van der Waals surface area (Å²) >= 11 is 1.25. The standard InChI is InChI=1S/C15H12N4O3S/c16-6-11-10-3-5-19(15(21)22)8-12(10)23-14(11)18-13(20)9-2-1-4-17-7-9/h1-2,4,7H,3,5,8H2,(H,18,20)(H,21,22).